The standard InChI is InChI=1S/C14H21NO2/c1-11-7-5-6-8-12(11)9-15(10-13(16)17)14(2,3)4/h5-8H,9-10H2,1-4H3,(H,16,17). The Bertz CT molecular complexity index is 393. The second-order valence-corrected chi connectivity index (χ2v) is 5.35. The molecule has 0 spiro atoms. The fourth-order valence-electron chi connectivity index (χ4n) is 1.69. The molecule has 94 valence electrons. The van der Waals surface area contributed by atoms with Gasteiger partial charge in [-0.3, -0.25) is 9.69 Å². The number of hydrogen-bond acceptors (Lipinski definition) is 2. The molecule has 0 radical (unpaired) electrons. The maximum absolute atomic E-state index is 10.9. The Morgan fingerprint density at radius 1 is 1.29 bits per heavy atom. The van der Waals surface area contributed by atoms with E-state index in [1.165, 1.54) is 11.1 Å². The van der Waals surface area contributed by atoms with E-state index in [9.17, 15) is 4.79 Å². The second kappa shape index (κ2) is 5.32. The molecule has 0 aromatic heterocycles. The molecule has 0 fully saturated rings. The summed E-state index contributed by atoms with van der Waals surface area (Å²) in [5.41, 5.74) is 2.23. The van der Waals surface area contributed by atoms with Crippen molar-refractivity contribution in [3.05, 3.63) is 35.4 Å². The summed E-state index contributed by atoms with van der Waals surface area (Å²) in [6.45, 7) is 8.90. The van der Waals surface area contributed by atoms with Crippen LogP contribution in [0.15, 0.2) is 24.3 Å². The van der Waals surface area contributed by atoms with Crippen LogP contribution in [0.3, 0.4) is 0 Å². The highest BCUT2D eigenvalue weighted by molar-refractivity contribution is 5.69. The van der Waals surface area contributed by atoms with Gasteiger partial charge in [-0.15, -0.1) is 0 Å². The van der Waals surface area contributed by atoms with Crippen LogP contribution in [0.5, 0.6) is 0 Å². The summed E-state index contributed by atoms with van der Waals surface area (Å²) in [5.74, 6) is -0.784. The molecule has 0 amide bonds. The van der Waals surface area contributed by atoms with Crippen molar-refractivity contribution >= 4 is 5.97 Å². The van der Waals surface area contributed by atoms with Crippen LogP contribution in [-0.2, 0) is 11.3 Å². The third-order valence-corrected chi connectivity index (χ3v) is 2.90. The van der Waals surface area contributed by atoms with Gasteiger partial charge in [-0.25, -0.2) is 0 Å². The lowest BCUT2D eigenvalue weighted by Crippen LogP contribution is -2.43. The first kappa shape index (κ1) is 13.7. The summed E-state index contributed by atoms with van der Waals surface area (Å²) in [7, 11) is 0. The molecule has 0 saturated carbocycles. The Balaban J connectivity index is 2.87. The molecule has 0 saturated heterocycles. The highest BCUT2D eigenvalue weighted by Gasteiger charge is 2.23. The first-order valence-electron chi connectivity index (χ1n) is 5.82. The van der Waals surface area contributed by atoms with E-state index in [-0.39, 0.29) is 12.1 Å². The van der Waals surface area contributed by atoms with Gasteiger partial charge in [-0.2, -0.15) is 0 Å². The highest BCUT2D eigenvalue weighted by atomic mass is 16.4. The summed E-state index contributed by atoms with van der Waals surface area (Å²) in [5, 5.41) is 8.95. The van der Waals surface area contributed by atoms with Gasteiger partial charge < -0.3 is 5.11 Å². The van der Waals surface area contributed by atoms with Crippen LogP contribution < -0.4 is 0 Å². The summed E-state index contributed by atoms with van der Waals surface area (Å²) in [6, 6.07) is 8.09. The van der Waals surface area contributed by atoms with Crippen LogP contribution in [0, 0.1) is 6.92 Å². The maximum atomic E-state index is 10.9. The Morgan fingerprint density at radius 2 is 1.88 bits per heavy atom. The summed E-state index contributed by atoms with van der Waals surface area (Å²) < 4.78 is 0. The molecule has 0 bridgehead atoms. The van der Waals surface area contributed by atoms with E-state index in [4.69, 9.17) is 5.11 Å². The number of carboxylic acids is 1. The van der Waals surface area contributed by atoms with Crippen LogP contribution >= 0.6 is 0 Å². The smallest absolute Gasteiger partial charge is 0.317 e. The van der Waals surface area contributed by atoms with E-state index in [1.54, 1.807) is 0 Å². The topological polar surface area (TPSA) is 40.5 Å². The quantitative estimate of drug-likeness (QED) is 0.872. The van der Waals surface area contributed by atoms with Crippen molar-refractivity contribution in [2.45, 2.75) is 39.8 Å². The third-order valence-electron chi connectivity index (χ3n) is 2.90. The molecular weight excluding hydrogens is 214 g/mol. The van der Waals surface area contributed by atoms with Gasteiger partial charge in [0, 0.05) is 12.1 Å². The van der Waals surface area contributed by atoms with Crippen molar-refractivity contribution in [3.8, 4) is 0 Å². The van der Waals surface area contributed by atoms with Crippen LogP contribution in [0.25, 0.3) is 0 Å². The lowest BCUT2D eigenvalue weighted by atomic mass is 10.0. The van der Waals surface area contributed by atoms with E-state index in [0.29, 0.717) is 6.54 Å². The average Bonchev–Trinajstić information content (AvgIpc) is 2.18. The number of carboxylic acid groups (broad SMARTS) is 1. The number of benzene rings is 1. The van der Waals surface area contributed by atoms with Gasteiger partial charge in [-0.1, -0.05) is 24.3 Å². The SMILES string of the molecule is Cc1ccccc1CN(CC(=O)O)C(C)(C)C. The van der Waals surface area contributed by atoms with Crippen molar-refractivity contribution in [2.24, 2.45) is 0 Å². The van der Waals surface area contributed by atoms with Gasteiger partial charge in [0.05, 0.1) is 6.54 Å². The second-order valence-electron chi connectivity index (χ2n) is 5.35. The fraction of sp³-hybridized carbons (Fsp3) is 0.500. The van der Waals surface area contributed by atoms with E-state index < -0.39 is 5.97 Å². The van der Waals surface area contributed by atoms with Crippen LogP contribution in [0.2, 0.25) is 0 Å². The molecule has 1 rings (SSSR count). The van der Waals surface area contributed by atoms with Gasteiger partial charge in [0.15, 0.2) is 0 Å². The molecule has 1 aromatic rings. The Kier molecular flexibility index (Phi) is 4.29. The van der Waals surface area contributed by atoms with Gasteiger partial charge in [0.25, 0.3) is 0 Å². The van der Waals surface area contributed by atoms with E-state index in [1.807, 2.05) is 37.8 Å². The van der Waals surface area contributed by atoms with E-state index in [0.717, 1.165) is 0 Å². The Hall–Kier alpha value is -1.35. The number of rotatable bonds is 4. The number of carbonyl (C=O) groups is 1. The Labute approximate surface area is 103 Å². The normalized spacial score (nSPS) is 11.8. The zero-order valence-electron chi connectivity index (χ0n) is 11.0. The molecular formula is C14H21NO2. The van der Waals surface area contributed by atoms with Gasteiger partial charge >= 0.3 is 5.97 Å². The lowest BCUT2D eigenvalue weighted by Gasteiger charge is -2.34. The molecule has 0 aliphatic rings. The first-order valence-corrected chi connectivity index (χ1v) is 5.82. The van der Waals surface area contributed by atoms with Crippen molar-refractivity contribution in [2.75, 3.05) is 6.54 Å². The third kappa shape index (κ3) is 4.19. The van der Waals surface area contributed by atoms with Crippen molar-refractivity contribution in [3.63, 3.8) is 0 Å². The molecule has 0 aliphatic carbocycles. The van der Waals surface area contributed by atoms with Gasteiger partial charge in [0.1, 0.15) is 0 Å². The van der Waals surface area contributed by atoms with Crippen molar-refractivity contribution in [1.82, 2.24) is 4.90 Å². The van der Waals surface area contributed by atoms with Crippen LogP contribution in [-0.4, -0.2) is 28.1 Å². The number of aryl methyl sites for hydroxylation is 1. The number of aliphatic carboxylic acids is 1. The first-order chi connectivity index (χ1) is 7.80. The average molecular weight is 235 g/mol. The molecule has 0 aliphatic heterocycles. The van der Waals surface area contributed by atoms with Crippen LogP contribution in [0.1, 0.15) is 31.9 Å². The molecule has 0 unspecified atom stereocenters. The van der Waals surface area contributed by atoms with Crippen molar-refractivity contribution in [1.29, 1.82) is 0 Å². The molecule has 3 nitrogen and oxygen atoms in total. The summed E-state index contributed by atoms with van der Waals surface area (Å²) >= 11 is 0. The minimum absolute atomic E-state index is 0.0673. The van der Waals surface area contributed by atoms with Gasteiger partial charge in [-0.05, 0) is 38.8 Å². The zero-order valence-corrected chi connectivity index (χ0v) is 11.0. The largest absolute Gasteiger partial charge is 0.480 e. The monoisotopic (exact) mass is 235 g/mol. The van der Waals surface area contributed by atoms with Crippen LogP contribution in [0.4, 0.5) is 0 Å². The van der Waals surface area contributed by atoms with Crippen molar-refractivity contribution < 1.29 is 9.90 Å². The van der Waals surface area contributed by atoms with Gasteiger partial charge in [0.2, 0.25) is 0 Å². The summed E-state index contributed by atoms with van der Waals surface area (Å²) in [4.78, 5) is 12.9. The van der Waals surface area contributed by atoms with E-state index >= 15 is 0 Å². The predicted octanol–water partition coefficient (Wildman–Crippen LogP) is 2.68. The zero-order chi connectivity index (χ0) is 13.1. The minimum Gasteiger partial charge on any atom is -0.480 e. The molecule has 0 atom stereocenters. The molecule has 1 aromatic carbocycles. The predicted molar refractivity (Wildman–Crippen MR) is 69.0 cm³/mol. The highest BCUT2D eigenvalue weighted by Crippen LogP contribution is 2.18. The molecule has 17 heavy (non-hydrogen) atoms. The molecule has 1 N–H and O–H groups in total. The maximum Gasteiger partial charge on any atom is 0.317 e. The fourth-order valence-corrected chi connectivity index (χ4v) is 1.69. The number of nitrogens with zero attached hydrogens (tertiary/aromatic N) is 1. The lowest BCUT2D eigenvalue weighted by molar-refractivity contribution is -0.139. The molecule has 0 heterocycles. The van der Waals surface area contributed by atoms with E-state index in [2.05, 4.69) is 19.1 Å². The minimum atomic E-state index is -0.784. The Morgan fingerprint density at radius 3 is 2.35 bits per heavy atom. The summed E-state index contributed by atoms with van der Waals surface area (Å²) in [6.07, 6.45) is 0. The molecule has 3 heteroatoms. The number of hydrogen-bond donors (Lipinski definition) is 1.